The number of alkyl halides is 6. The third-order valence-corrected chi connectivity index (χ3v) is 8.21. The van der Waals surface area contributed by atoms with Gasteiger partial charge in [-0.3, -0.25) is 14.4 Å². The normalized spacial score (nSPS) is 29.6. The monoisotopic (exact) mass is 571 g/mol. The molecule has 8 nitrogen and oxygen atoms in total. The van der Waals surface area contributed by atoms with Crippen LogP contribution >= 0.6 is 0 Å². The van der Waals surface area contributed by atoms with E-state index in [0.29, 0.717) is 18.9 Å². The average Bonchev–Trinajstić information content (AvgIpc) is 3.33. The number of halogens is 6. The summed E-state index contributed by atoms with van der Waals surface area (Å²) in [6.07, 6.45) is -4.74. The molecule has 14 heteroatoms. The highest BCUT2D eigenvalue weighted by atomic mass is 19.4. The summed E-state index contributed by atoms with van der Waals surface area (Å²) in [6.45, 7) is -2.02. The zero-order chi connectivity index (χ0) is 29.0. The molecule has 1 aromatic rings. The van der Waals surface area contributed by atoms with E-state index in [0.717, 1.165) is 11.0 Å². The van der Waals surface area contributed by atoms with Crippen LogP contribution in [0.4, 0.5) is 32.0 Å². The fraction of sp³-hybridized carbons (Fsp3) is 0.615. The molecule has 40 heavy (non-hydrogen) atoms. The molecule has 5 atom stereocenters. The number of amides is 3. The highest BCUT2D eigenvalue weighted by molar-refractivity contribution is 6.02. The molecule has 3 saturated heterocycles. The quantitative estimate of drug-likeness (QED) is 0.541. The summed E-state index contributed by atoms with van der Waals surface area (Å²) in [5, 5.41) is 14.7. The molecule has 0 radical (unpaired) electrons. The molecule has 0 spiro atoms. The van der Waals surface area contributed by atoms with Gasteiger partial charge in [-0.25, -0.2) is 13.2 Å². The Labute approximate surface area is 225 Å². The minimum atomic E-state index is -4.97. The number of benzene rings is 1. The molecule has 1 aliphatic carbocycles. The van der Waals surface area contributed by atoms with Crippen LogP contribution in [0, 0.1) is 23.2 Å². The Hall–Kier alpha value is -3.50. The number of anilines is 1. The Balaban J connectivity index is 1.38. The molecule has 4 aliphatic rings. The lowest BCUT2D eigenvalue weighted by Gasteiger charge is -2.42. The molecule has 0 bridgehead atoms. The van der Waals surface area contributed by atoms with E-state index in [1.54, 1.807) is 6.07 Å². The van der Waals surface area contributed by atoms with E-state index in [1.165, 1.54) is 4.90 Å². The maximum atomic E-state index is 14.5. The number of likely N-dealkylation sites (tertiary alicyclic amines) is 1. The van der Waals surface area contributed by atoms with Crippen molar-refractivity contribution in [3.8, 4) is 6.07 Å². The Kier molecular flexibility index (Phi) is 7.12. The van der Waals surface area contributed by atoms with Gasteiger partial charge in [0.05, 0.1) is 53.5 Å². The molecule has 3 heterocycles. The minimum Gasteiger partial charge on any atom is -0.368 e. The smallest absolute Gasteiger partial charge is 0.368 e. The van der Waals surface area contributed by atoms with Crippen LogP contribution < -0.4 is 15.5 Å². The largest absolute Gasteiger partial charge is 0.418 e. The van der Waals surface area contributed by atoms with Gasteiger partial charge >= 0.3 is 6.18 Å². The van der Waals surface area contributed by atoms with E-state index in [9.17, 15) is 46.0 Å². The van der Waals surface area contributed by atoms with Crippen molar-refractivity contribution in [2.24, 2.45) is 11.8 Å². The van der Waals surface area contributed by atoms with Crippen LogP contribution in [0.5, 0.6) is 0 Å². The number of carbonyl (C=O) groups is 3. The van der Waals surface area contributed by atoms with Gasteiger partial charge in [0.25, 0.3) is 11.8 Å². The van der Waals surface area contributed by atoms with Gasteiger partial charge in [0.2, 0.25) is 11.8 Å². The van der Waals surface area contributed by atoms with E-state index in [4.69, 9.17) is 0 Å². The first kappa shape index (κ1) is 28.0. The number of fused-ring (bicyclic) bond motifs is 1. The number of hydrogen-bond donors (Lipinski definition) is 2. The molecule has 4 fully saturated rings. The lowest BCUT2D eigenvalue weighted by Crippen LogP contribution is -2.59. The first-order chi connectivity index (χ1) is 18.8. The zero-order valence-electron chi connectivity index (χ0n) is 21.2. The molecule has 3 aliphatic heterocycles. The highest BCUT2D eigenvalue weighted by Crippen LogP contribution is 2.42. The Morgan fingerprint density at radius 1 is 1.15 bits per heavy atom. The number of hydrogen-bond acceptors (Lipinski definition) is 5. The van der Waals surface area contributed by atoms with Crippen molar-refractivity contribution < 1.29 is 40.7 Å². The van der Waals surface area contributed by atoms with Crippen LogP contribution in [-0.2, 0) is 15.8 Å². The lowest BCUT2D eigenvalue weighted by atomic mass is 9.71. The molecule has 3 amide bonds. The fourth-order valence-corrected chi connectivity index (χ4v) is 6.34. The van der Waals surface area contributed by atoms with Crippen LogP contribution in [0.1, 0.15) is 53.6 Å². The van der Waals surface area contributed by atoms with Crippen LogP contribution in [0.2, 0.25) is 0 Å². The minimum absolute atomic E-state index is 0.000126. The Morgan fingerprint density at radius 2 is 1.88 bits per heavy atom. The lowest BCUT2D eigenvalue weighted by molar-refractivity contribution is -0.139. The second-order valence-electron chi connectivity index (χ2n) is 11.0. The molecular weight excluding hydrogens is 544 g/mol. The summed E-state index contributed by atoms with van der Waals surface area (Å²) in [4.78, 5) is 40.4. The maximum Gasteiger partial charge on any atom is 0.418 e. The van der Waals surface area contributed by atoms with E-state index >= 15 is 0 Å². The zero-order valence-corrected chi connectivity index (χ0v) is 21.2. The topological polar surface area (TPSA) is 106 Å². The second-order valence-corrected chi connectivity index (χ2v) is 11.0. The number of nitrogens with one attached hydrogen (secondary N) is 2. The predicted molar refractivity (Wildman–Crippen MR) is 128 cm³/mol. The van der Waals surface area contributed by atoms with Crippen molar-refractivity contribution in [1.29, 1.82) is 5.26 Å². The van der Waals surface area contributed by atoms with Crippen LogP contribution in [0.15, 0.2) is 12.1 Å². The van der Waals surface area contributed by atoms with Gasteiger partial charge in [0.15, 0.2) is 0 Å². The number of carbonyl (C=O) groups excluding carboxylic acids is 3. The number of rotatable bonds is 4. The SMILES string of the molecule is N#Cc1cc(C(=O)N2CC(F)(F)C2)c(N2CC[C@@H](NC(=O)C3CC(=O)NC4C(F)CCCC34)C2)c(C(F)(F)F)c1. The van der Waals surface area contributed by atoms with Crippen molar-refractivity contribution in [3.05, 3.63) is 28.8 Å². The van der Waals surface area contributed by atoms with Crippen LogP contribution in [0.3, 0.4) is 0 Å². The highest BCUT2D eigenvalue weighted by Gasteiger charge is 2.49. The van der Waals surface area contributed by atoms with Crippen molar-refractivity contribution in [3.63, 3.8) is 0 Å². The summed E-state index contributed by atoms with van der Waals surface area (Å²) < 4.78 is 83.7. The van der Waals surface area contributed by atoms with Gasteiger partial charge in [0, 0.05) is 25.6 Å². The molecule has 0 aromatic heterocycles. The molecule has 1 saturated carbocycles. The fourth-order valence-electron chi connectivity index (χ4n) is 6.34. The van der Waals surface area contributed by atoms with E-state index < -0.39 is 95.4 Å². The van der Waals surface area contributed by atoms with Gasteiger partial charge in [0.1, 0.15) is 6.17 Å². The summed E-state index contributed by atoms with van der Waals surface area (Å²) in [7, 11) is 0. The number of nitriles is 1. The number of nitrogens with zero attached hydrogens (tertiary/aromatic N) is 3. The maximum absolute atomic E-state index is 14.5. The average molecular weight is 572 g/mol. The van der Waals surface area contributed by atoms with E-state index in [2.05, 4.69) is 10.6 Å². The van der Waals surface area contributed by atoms with E-state index in [1.807, 2.05) is 0 Å². The summed E-state index contributed by atoms with van der Waals surface area (Å²) in [5.74, 6) is -6.29. The van der Waals surface area contributed by atoms with E-state index in [-0.39, 0.29) is 32.4 Å². The third-order valence-electron chi connectivity index (χ3n) is 8.21. The Morgan fingerprint density at radius 3 is 2.52 bits per heavy atom. The van der Waals surface area contributed by atoms with Crippen molar-refractivity contribution in [2.75, 3.05) is 31.1 Å². The second kappa shape index (κ2) is 10.2. The van der Waals surface area contributed by atoms with Gasteiger partial charge in [-0.1, -0.05) is 6.42 Å². The first-order valence-electron chi connectivity index (χ1n) is 13.1. The van der Waals surface area contributed by atoms with Gasteiger partial charge in [-0.05, 0) is 37.3 Å². The van der Waals surface area contributed by atoms with Crippen LogP contribution in [0.25, 0.3) is 0 Å². The first-order valence-corrected chi connectivity index (χ1v) is 13.1. The molecule has 1 aromatic carbocycles. The molecule has 5 rings (SSSR count). The molecule has 2 N–H and O–H groups in total. The standard InChI is InChI=1S/C26H27F6N5O3/c27-19-3-1-2-15-16(8-20(38)35-21(15)19)23(39)34-14-4-5-36(10-14)22-17(24(40)37-11-25(28,29)12-37)6-13(9-33)7-18(22)26(30,31)32/h6-7,14-16,19,21H,1-5,8,10-12H2,(H,34,39)(H,35,38)/t14-,15?,16?,19?,21?/m1/s1. The summed E-state index contributed by atoms with van der Waals surface area (Å²) in [5.41, 5.74) is -2.75. The molecule has 216 valence electrons. The van der Waals surface area contributed by atoms with Crippen molar-refractivity contribution >= 4 is 23.4 Å². The van der Waals surface area contributed by atoms with Crippen molar-refractivity contribution in [1.82, 2.24) is 15.5 Å². The van der Waals surface area contributed by atoms with Gasteiger partial charge < -0.3 is 20.4 Å². The van der Waals surface area contributed by atoms with Crippen molar-refractivity contribution in [2.45, 2.75) is 62.5 Å². The predicted octanol–water partition coefficient (Wildman–Crippen LogP) is 3.01. The Bertz CT molecular complexity index is 1260. The van der Waals surface area contributed by atoms with Gasteiger partial charge in [-0.2, -0.15) is 18.4 Å². The molecule has 4 unspecified atom stereocenters. The molecular formula is C26H27F6N5O3. The third kappa shape index (κ3) is 5.30. The van der Waals surface area contributed by atoms with Gasteiger partial charge in [-0.15, -0.1) is 0 Å². The summed E-state index contributed by atoms with van der Waals surface area (Å²) >= 11 is 0. The van der Waals surface area contributed by atoms with Crippen LogP contribution in [-0.4, -0.2) is 73.0 Å². The summed E-state index contributed by atoms with van der Waals surface area (Å²) in [6, 6.07) is 1.76. The number of piperidine rings is 1.